The molecule has 5 aromatic rings. The molecule has 378 valence electrons. The molecule has 0 aliphatic carbocycles. The van der Waals surface area contributed by atoms with Gasteiger partial charge in [0.25, 0.3) is 11.5 Å². The first-order valence-electron chi connectivity index (χ1n) is 23.4. The van der Waals surface area contributed by atoms with E-state index < -0.39 is 48.2 Å². The van der Waals surface area contributed by atoms with Gasteiger partial charge >= 0.3 is 18.2 Å². The molecule has 72 heavy (non-hydrogen) atoms. The van der Waals surface area contributed by atoms with E-state index in [2.05, 4.69) is 18.4 Å². The van der Waals surface area contributed by atoms with Crippen molar-refractivity contribution >= 4 is 46.6 Å². The number of phenols is 2. The van der Waals surface area contributed by atoms with Gasteiger partial charge in [0.1, 0.15) is 24.7 Å². The molecule has 1 fully saturated rings. The number of hydrogen-bond acceptors (Lipinski definition) is 13. The van der Waals surface area contributed by atoms with Gasteiger partial charge in [-0.25, -0.2) is 23.8 Å². The van der Waals surface area contributed by atoms with Crippen LogP contribution in [0.3, 0.4) is 0 Å². The van der Waals surface area contributed by atoms with Crippen LogP contribution in [0.4, 0.5) is 14.0 Å². The van der Waals surface area contributed by atoms with Gasteiger partial charge in [-0.2, -0.15) is 0 Å². The first kappa shape index (κ1) is 52.2. The number of esters is 1. The first-order chi connectivity index (χ1) is 34.5. The van der Waals surface area contributed by atoms with Crippen LogP contribution in [-0.2, 0) is 49.9 Å². The molecule has 0 radical (unpaired) electrons. The van der Waals surface area contributed by atoms with Crippen LogP contribution >= 0.6 is 11.6 Å². The molecule has 2 N–H and O–H groups in total. The number of carbonyl (C=O) groups is 4. The van der Waals surface area contributed by atoms with Crippen LogP contribution < -0.4 is 10.3 Å². The van der Waals surface area contributed by atoms with Crippen molar-refractivity contribution in [2.24, 2.45) is 0 Å². The van der Waals surface area contributed by atoms with Gasteiger partial charge in [-0.15, -0.1) is 5.92 Å². The molecule has 1 saturated heterocycles. The van der Waals surface area contributed by atoms with Crippen molar-refractivity contribution in [1.29, 1.82) is 0 Å². The van der Waals surface area contributed by atoms with Crippen LogP contribution in [0.25, 0.3) is 33.4 Å². The Morgan fingerprint density at radius 1 is 0.986 bits per heavy atom. The number of phenolic OH excluding ortho intramolecular Hbond substituents is 2. The molecule has 8 rings (SSSR count). The number of likely N-dealkylation sites (N-methyl/N-ethyl adjacent to an activating group) is 2. The Morgan fingerprint density at radius 2 is 1.69 bits per heavy atom. The van der Waals surface area contributed by atoms with Crippen LogP contribution in [0.15, 0.2) is 65.5 Å². The van der Waals surface area contributed by atoms with Crippen molar-refractivity contribution < 1.29 is 52.7 Å². The third-order valence-electron chi connectivity index (χ3n) is 12.7. The van der Waals surface area contributed by atoms with Crippen molar-refractivity contribution in [3.05, 3.63) is 115 Å². The number of aryl methyl sites for hydroxylation is 1. The van der Waals surface area contributed by atoms with E-state index in [0.717, 1.165) is 21.4 Å². The Kier molecular flexibility index (Phi) is 16.1. The van der Waals surface area contributed by atoms with Crippen molar-refractivity contribution in [2.75, 3.05) is 67.1 Å². The van der Waals surface area contributed by atoms with Crippen LogP contribution in [0, 0.1) is 17.7 Å². The van der Waals surface area contributed by atoms with Crippen LogP contribution in [-0.4, -0.2) is 131 Å². The summed E-state index contributed by atoms with van der Waals surface area (Å²) in [6, 6.07) is 12.8. The van der Waals surface area contributed by atoms with Crippen LogP contribution in [0.5, 0.6) is 17.2 Å². The van der Waals surface area contributed by atoms with Crippen LogP contribution in [0.2, 0.25) is 5.02 Å². The lowest BCUT2D eigenvalue weighted by molar-refractivity contribution is -0.158. The van der Waals surface area contributed by atoms with Gasteiger partial charge in [0, 0.05) is 104 Å². The van der Waals surface area contributed by atoms with E-state index in [-0.39, 0.29) is 82.9 Å². The SMILES string of the molecule is C=C(COC(=O)N(C)CCN(C)C(=O)OC1C(=O)OCc2c1cc1n(c2=O)Cc2c-1nc1ccc(O)cc1c2CC)C(=O)N1CCN(Cc2cc(C#CC)c(-c3c(O)cccc3Cl)c(F)c2OC)CC1.CC. The number of aromatic hydroxyl groups is 2. The minimum absolute atomic E-state index is 0.0190. The van der Waals surface area contributed by atoms with E-state index in [0.29, 0.717) is 60.6 Å². The molecule has 1 unspecified atom stereocenters. The quantitative estimate of drug-likeness (QED) is 0.0534. The maximum Gasteiger partial charge on any atom is 0.410 e. The number of aromatic nitrogens is 2. The van der Waals surface area contributed by atoms with Gasteiger partial charge in [0.2, 0.25) is 6.10 Å². The summed E-state index contributed by atoms with van der Waals surface area (Å²) in [4.78, 5) is 77.5. The lowest BCUT2D eigenvalue weighted by Crippen LogP contribution is -2.49. The van der Waals surface area contributed by atoms with E-state index >= 15 is 4.39 Å². The first-order valence-corrected chi connectivity index (χ1v) is 23.8. The summed E-state index contributed by atoms with van der Waals surface area (Å²) < 4.78 is 39.6. The summed E-state index contributed by atoms with van der Waals surface area (Å²) in [5, 5.41) is 21.7. The van der Waals surface area contributed by atoms with Gasteiger partial charge < -0.3 is 48.4 Å². The molecule has 19 heteroatoms. The second kappa shape index (κ2) is 22.2. The molecule has 3 aliphatic heterocycles. The highest BCUT2D eigenvalue weighted by molar-refractivity contribution is 6.33. The van der Waals surface area contributed by atoms with E-state index in [1.807, 2.05) is 25.7 Å². The van der Waals surface area contributed by atoms with Crippen molar-refractivity contribution in [3.8, 4) is 51.6 Å². The zero-order chi connectivity index (χ0) is 52.1. The maximum atomic E-state index is 16.2. The summed E-state index contributed by atoms with van der Waals surface area (Å²) in [6.07, 6.45) is -2.63. The number of halogens is 2. The molecule has 2 aromatic heterocycles. The number of rotatable bonds is 12. The fraction of sp³-hybridized carbons (Fsp3) is 0.358. The predicted octanol–water partition coefficient (Wildman–Crippen LogP) is 7.40. The number of hydrogen-bond donors (Lipinski definition) is 2. The second-order valence-corrected chi connectivity index (χ2v) is 17.5. The number of piperazine rings is 1. The molecule has 3 aliphatic rings. The standard InChI is InChI=1S/C51H50ClFN6O11.C2H6/c1-7-10-29-21-30(45(67-6)43(53)41(29)42-37(52)11-9-12-40(42)61)24-57-17-19-58(20-18-57)47(62)28(3)26-69-50(65)55(4)15-16-56(5)51(66)70-46-34-23-39-44-35(25-59(39)48(63)36(34)27-68-49(46)64)32(8-2)33-22-31(60)13-14-38(33)54-44;1-2/h9,11-14,21-23,46,60-61H,3,8,15-20,24-27H2,1-2,4-6H3;1-2H3. The topological polar surface area (TPSA) is 194 Å². The number of methoxy groups -OCH3 is 1. The Morgan fingerprint density at radius 3 is 2.36 bits per heavy atom. The third-order valence-corrected chi connectivity index (χ3v) is 13.0. The number of fused-ring (bicyclic) bond motifs is 5. The number of nitrogens with zero attached hydrogens (tertiary/aromatic N) is 6. The Balaban J connectivity index is 0.00000376. The van der Waals surface area contributed by atoms with Crippen LogP contribution in [0.1, 0.15) is 67.2 Å². The van der Waals surface area contributed by atoms with Gasteiger partial charge in [0.15, 0.2) is 11.6 Å². The molecule has 5 heterocycles. The zero-order valence-electron chi connectivity index (χ0n) is 41.2. The molecular weight excluding hydrogens is 951 g/mol. The lowest BCUT2D eigenvalue weighted by Gasteiger charge is -2.35. The zero-order valence-corrected chi connectivity index (χ0v) is 41.9. The minimum Gasteiger partial charge on any atom is -0.508 e. The average molecular weight is 1010 g/mol. The number of carbonyl (C=O) groups excluding carboxylic acids is 4. The number of ether oxygens (including phenoxy) is 4. The predicted molar refractivity (Wildman–Crippen MR) is 267 cm³/mol. The average Bonchev–Trinajstić information content (AvgIpc) is 3.74. The third kappa shape index (κ3) is 10.3. The smallest absolute Gasteiger partial charge is 0.410 e. The molecular formula is C53H56ClFN6O11. The molecule has 1 atom stereocenters. The molecule has 0 bridgehead atoms. The largest absolute Gasteiger partial charge is 0.508 e. The van der Waals surface area contributed by atoms with E-state index in [1.165, 1.54) is 38.2 Å². The Hall–Kier alpha value is -7.62. The summed E-state index contributed by atoms with van der Waals surface area (Å²) in [7, 11) is 4.22. The maximum absolute atomic E-state index is 16.2. The van der Waals surface area contributed by atoms with Gasteiger partial charge in [0.05, 0.1) is 41.1 Å². The number of cyclic esters (lactones) is 1. The highest BCUT2D eigenvalue weighted by Gasteiger charge is 2.39. The lowest BCUT2D eigenvalue weighted by atomic mass is 9.94. The second-order valence-electron chi connectivity index (χ2n) is 17.1. The van der Waals surface area contributed by atoms with Crippen molar-refractivity contribution in [2.45, 2.75) is 59.9 Å². The normalized spacial score (nSPS) is 14.6. The molecule has 3 aromatic carbocycles. The molecule has 17 nitrogen and oxygen atoms in total. The number of amides is 3. The number of benzene rings is 3. The summed E-state index contributed by atoms with van der Waals surface area (Å²) in [5.41, 5.74) is 4.40. The fourth-order valence-electron chi connectivity index (χ4n) is 9.03. The summed E-state index contributed by atoms with van der Waals surface area (Å²) >= 11 is 6.39. The Labute approximate surface area is 420 Å². The van der Waals surface area contributed by atoms with Crippen molar-refractivity contribution in [3.63, 3.8) is 0 Å². The van der Waals surface area contributed by atoms with E-state index in [4.69, 9.17) is 35.5 Å². The van der Waals surface area contributed by atoms with Gasteiger partial charge in [-0.3, -0.25) is 14.5 Å². The molecule has 0 saturated carbocycles. The van der Waals surface area contributed by atoms with Crippen molar-refractivity contribution in [1.82, 2.24) is 29.2 Å². The Bertz CT molecular complexity index is 3100. The summed E-state index contributed by atoms with van der Waals surface area (Å²) in [5.74, 6) is 3.64. The highest BCUT2D eigenvalue weighted by Crippen LogP contribution is 2.44. The molecule has 0 spiro atoms. The fourth-order valence-corrected chi connectivity index (χ4v) is 9.29. The monoisotopic (exact) mass is 1010 g/mol. The molecule has 3 amide bonds. The van der Waals surface area contributed by atoms with Gasteiger partial charge in [-0.05, 0) is 61.4 Å². The van der Waals surface area contributed by atoms with E-state index in [9.17, 15) is 34.2 Å². The van der Waals surface area contributed by atoms with Gasteiger partial charge in [-0.1, -0.05) is 50.9 Å². The van der Waals surface area contributed by atoms with E-state index in [1.54, 1.807) is 52.8 Å². The highest BCUT2D eigenvalue weighted by atomic mass is 35.5. The minimum atomic E-state index is -1.55. The number of pyridine rings is 2. The summed E-state index contributed by atoms with van der Waals surface area (Å²) in [6.45, 7) is 12.7.